The molecule has 2 heterocycles. The number of aromatic nitrogens is 3. The molecular formula is C83H107Cl2F3N6O4. The molecule has 0 amide bonds. The van der Waals surface area contributed by atoms with Gasteiger partial charge < -0.3 is 23.8 Å². The summed E-state index contributed by atoms with van der Waals surface area (Å²) in [5.41, 5.74) is 9.43. The Hall–Kier alpha value is -7.37. The number of aryl methyl sites for hydroxylation is 2. The van der Waals surface area contributed by atoms with Crippen LogP contribution in [-0.2, 0) is 23.4 Å². The van der Waals surface area contributed by atoms with E-state index in [9.17, 15) is 13.2 Å². The Labute approximate surface area is 595 Å². The van der Waals surface area contributed by atoms with Crippen molar-refractivity contribution in [3.63, 3.8) is 0 Å². The molecule has 7 aromatic rings. The summed E-state index contributed by atoms with van der Waals surface area (Å²) >= 11 is 12.0. The number of benzene rings is 5. The third kappa shape index (κ3) is 24.2. The third-order valence-electron chi connectivity index (χ3n) is 16.4. The van der Waals surface area contributed by atoms with Gasteiger partial charge in [-0.25, -0.2) is 9.69 Å². The fraction of sp³-hybridized carbons (Fsp3) is 0.518. The highest BCUT2D eigenvalue weighted by molar-refractivity contribution is 6.32. The summed E-state index contributed by atoms with van der Waals surface area (Å²) < 4.78 is 60.5. The fourth-order valence-electron chi connectivity index (χ4n) is 11.9. The summed E-state index contributed by atoms with van der Waals surface area (Å²) in [5, 5.41) is 10.6. The molecule has 4 aliphatic carbocycles. The minimum absolute atomic E-state index is 0.0569. The van der Waals surface area contributed by atoms with Gasteiger partial charge in [0.15, 0.2) is 11.4 Å². The van der Waals surface area contributed by atoms with Crippen LogP contribution in [-0.4, -0.2) is 37.6 Å². The summed E-state index contributed by atoms with van der Waals surface area (Å²) in [6, 6.07) is 31.4. The number of pyridine rings is 1. The zero-order valence-electron chi connectivity index (χ0n) is 62.9. The zero-order valence-corrected chi connectivity index (χ0v) is 64.5. The molecule has 2 unspecified atom stereocenters. The van der Waals surface area contributed by atoms with Crippen LogP contribution in [0.15, 0.2) is 109 Å². The highest BCUT2D eigenvalue weighted by atomic mass is 35.5. The van der Waals surface area contributed by atoms with Gasteiger partial charge in [0, 0.05) is 33.7 Å². The van der Waals surface area contributed by atoms with E-state index in [0.717, 1.165) is 45.9 Å². The van der Waals surface area contributed by atoms with Crippen molar-refractivity contribution in [3.05, 3.63) is 198 Å². The lowest BCUT2D eigenvalue weighted by atomic mass is 9.52. The van der Waals surface area contributed by atoms with E-state index in [4.69, 9.17) is 66.8 Å². The molecule has 2 atom stereocenters. The summed E-state index contributed by atoms with van der Waals surface area (Å²) in [4.78, 5) is 14.4. The van der Waals surface area contributed by atoms with E-state index in [1.54, 1.807) is 50.1 Å². The summed E-state index contributed by atoms with van der Waals surface area (Å²) in [7, 11) is 0. The largest absolute Gasteiger partial charge is 0.488 e. The number of rotatable bonds is 4. The van der Waals surface area contributed by atoms with E-state index in [-0.39, 0.29) is 39.1 Å². The number of fused-ring (bicyclic) bond motifs is 2. The summed E-state index contributed by atoms with van der Waals surface area (Å²) in [5.74, 6) is 5.08. The normalized spacial score (nSPS) is 16.6. The number of halogens is 5. The molecule has 11 rings (SSSR count). The van der Waals surface area contributed by atoms with Gasteiger partial charge in [-0.1, -0.05) is 180 Å². The van der Waals surface area contributed by atoms with Crippen LogP contribution in [0.1, 0.15) is 254 Å². The van der Waals surface area contributed by atoms with Crippen LogP contribution < -0.4 is 18.9 Å². The van der Waals surface area contributed by atoms with Gasteiger partial charge in [0.05, 0.1) is 28.8 Å². The molecule has 1 saturated carbocycles. The van der Waals surface area contributed by atoms with Gasteiger partial charge in [-0.2, -0.15) is 13.2 Å². The van der Waals surface area contributed by atoms with Gasteiger partial charge in [-0.05, 0) is 236 Å². The van der Waals surface area contributed by atoms with Crippen molar-refractivity contribution in [2.45, 2.75) is 262 Å². The number of hydrogen-bond donors (Lipinski definition) is 0. The quantitative estimate of drug-likeness (QED) is 0.162. The van der Waals surface area contributed by atoms with Gasteiger partial charge in [0.1, 0.15) is 39.7 Å². The van der Waals surface area contributed by atoms with Crippen LogP contribution >= 0.6 is 23.2 Å². The molecule has 4 aliphatic rings. The molecular weight excluding hydrogens is 1270 g/mol. The maximum atomic E-state index is 12.8. The third-order valence-corrected chi connectivity index (χ3v) is 17.0. The molecule has 10 nitrogen and oxygen atoms in total. The van der Waals surface area contributed by atoms with E-state index < -0.39 is 17.3 Å². The van der Waals surface area contributed by atoms with E-state index in [1.165, 1.54) is 66.6 Å². The van der Waals surface area contributed by atoms with Crippen LogP contribution in [0.2, 0.25) is 10.0 Å². The van der Waals surface area contributed by atoms with Crippen LogP contribution in [0.4, 0.5) is 30.4 Å². The Balaban J connectivity index is 0.000000213. The van der Waals surface area contributed by atoms with Gasteiger partial charge >= 0.3 is 12.0 Å². The van der Waals surface area contributed by atoms with Crippen molar-refractivity contribution in [1.82, 2.24) is 15.2 Å². The van der Waals surface area contributed by atoms with E-state index in [2.05, 4.69) is 138 Å². The van der Waals surface area contributed by atoms with Gasteiger partial charge in [-0.3, -0.25) is 4.98 Å². The highest BCUT2D eigenvalue weighted by Gasteiger charge is 2.48. The molecule has 0 saturated heterocycles. The van der Waals surface area contributed by atoms with Crippen molar-refractivity contribution in [1.29, 1.82) is 0 Å². The van der Waals surface area contributed by atoms with Gasteiger partial charge in [-0.15, -0.1) is 0 Å². The minimum atomic E-state index is -4.53. The molecule has 0 aliphatic heterocycles. The molecule has 0 radical (unpaired) electrons. The predicted octanol–water partition coefficient (Wildman–Crippen LogP) is 26.2. The van der Waals surface area contributed by atoms with E-state index in [0.29, 0.717) is 49.9 Å². The molecule has 528 valence electrons. The smallest absolute Gasteiger partial charge is 0.418 e. The lowest BCUT2D eigenvalue weighted by Crippen LogP contribution is -2.40. The Morgan fingerprint density at radius 1 is 0.500 bits per heavy atom. The van der Waals surface area contributed by atoms with E-state index >= 15 is 0 Å². The molecule has 1 fully saturated rings. The molecule has 98 heavy (non-hydrogen) atoms. The molecule has 2 aromatic heterocycles. The Morgan fingerprint density at radius 2 is 1.00 bits per heavy atom. The van der Waals surface area contributed by atoms with Gasteiger partial charge in [0.2, 0.25) is 0 Å². The first-order valence-corrected chi connectivity index (χ1v) is 34.6. The van der Waals surface area contributed by atoms with E-state index in [1.807, 2.05) is 112 Å². The maximum Gasteiger partial charge on any atom is 0.418 e. The Bertz CT molecular complexity index is 3990. The SMILES string of the molecule is CC(C)(C)c1ccc2c(c1)C1CC(C1)C2C(C)(C)C.CC(C)(C)c1cnc2c(c1)CCCC2C(C)(C)C.Cc1ccc(OC(C)(C)C)c(Cl)c1.[C-]#[N+]c1ccc(OC(C)(C)C)c(C(F)(F)F)c1.[C-]#[N+]c1ccc(OC(C)(C)C)c(Cl)c1.[C-]#[N+]c1nnc(OC(C)(C)C)c2ccccc12. The lowest BCUT2D eigenvalue weighted by Gasteiger charge is -2.53. The second-order valence-corrected chi connectivity index (χ2v) is 34.8. The first-order valence-electron chi connectivity index (χ1n) is 33.9. The minimum Gasteiger partial charge on any atom is -0.488 e. The maximum absolute atomic E-state index is 12.8. The molecule has 0 N–H and O–H groups in total. The zero-order chi connectivity index (χ0) is 74.1. The van der Waals surface area contributed by atoms with Crippen LogP contribution in [0.3, 0.4) is 0 Å². The van der Waals surface area contributed by atoms with Gasteiger partial charge in [0.25, 0.3) is 5.88 Å². The monoisotopic (exact) mass is 1380 g/mol. The van der Waals surface area contributed by atoms with Crippen LogP contribution in [0.25, 0.3) is 25.3 Å². The predicted molar refractivity (Wildman–Crippen MR) is 400 cm³/mol. The van der Waals surface area contributed by atoms with Crippen molar-refractivity contribution < 1.29 is 32.1 Å². The number of hydrogen-bond acceptors (Lipinski definition) is 7. The standard InChI is InChI=1S/C19H28.C17H27N.C13H13N3O.C12H12F3NO.C11H12ClNO.C11H15ClO/c1-18(2,3)14-7-8-15-16(11-14)12-9-13(10-12)17(15)19(4,5)6;1-16(2,3)13-10-12-8-7-9-14(17(4,5)6)15(12)18-11-13;1-13(2,3)17-12-10-8-6-5-7-9(10)11(14-4)15-16-12;1-11(2,3)17-10-6-5-8(16-4)7-9(10)12(13,14)15;1-11(2,3)14-10-6-5-8(13-4)7-9(10)12;1-8-5-6-10(9(12)7-8)13-11(2,3)4/h7-8,11-13,17H,9-10H2,1-6H3;10-11,14H,7-9H2,1-6H3;5-8H,1-3H3;5-7H,1-3H3;5-7H,1-3H3;5-7H,1-4H3. The van der Waals surface area contributed by atoms with Crippen molar-refractivity contribution in [2.24, 2.45) is 16.7 Å². The van der Waals surface area contributed by atoms with Crippen LogP contribution in [0, 0.1) is 43.4 Å². The average molecular weight is 1380 g/mol. The fourth-order valence-corrected chi connectivity index (χ4v) is 12.4. The number of nitrogens with zero attached hydrogens (tertiary/aromatic N) is 6. The van der Waals surface area contributed by atoms with Crippen LogP contribution in [0.5, 0.6) is 23.1 Å². The number of alkyl halides is 3. The van der Waals surface area contributed by atoms with Crippen molar-refractivity contribution in [2.75, 3.05) is 0 Å². The molecule has 0 spiro atoms. The molecule has 5 aromatic carbocycles. The molecule has 15 heteroatoms. The first-order chi connectivity index (χ1) is 44.8. The first kappa shape index (κ1) is 81.3. The lowest BCUT2D eigenvalue weighted by molar-refractivity contribution is -0.139. The second-order valence-electron chi connectivity index (χ2n) is 34.0. The Kier molecular flexibility index (Phi) is 26.4. The topological polar surface area (TPSA) is 88.7 Å². The highest BCUT2D eigenvalue weighted by Crippen LogP contribution is 2.61. The number of ether oxygens (including phenoxy) is 4. The van der Waals surface area contributed by atoms with Crippen molar-refractivity contribution >= 4 is 51.2 Å². The average Bonchev–Trinajstić information content (AvgIpc) is 0.728. The Morgan fingerprint density at radius 3 is 1.47 bits per heavy atom. The second kappa shape index (κ2) is 31.9. The van der Waals surface area contributed by atoms with Crippen molar-refractivity contribution in [3.8, 4) is 23.1 Å². The summed E-state index contributed by atoms with van der Waals surface area (Å²) in [6.45, 7) is 73.3. The summed E-state index contributed by atoms with van der Waals surface area (Å²) in [6.07, 6.45) is 4.25. The molecule has 2 bridgehead atoms.